The van der Waals surface area contributed by atoms with Crippen LogP contribution >= 0.6 is 7.82 Å². The Morgan fingerprint density at radius 2 is 0.944 bits per heavy atom. The van der Waals surface area contributed by atoms with Crippen LogP contribution in [0.25, 0.3) is 0 Å². The summed E-state index contributed by atoms with van der Waals surface area (Å²) in [5.74, 6) is -0.829. The molecule has 54 heavy (non-hydrogen) atoms. The molecule has 0 aliphatic heterocycles. The molecule has 9 nitrogen and oxygen atoms in total. The van der Waals surface area contributed by atoms with Crippen LogP contribution in [0.5, 0.6) is 0 Å². The Bertz CT molecular complexity index is 938. The summed E-state index contributed by atoms with van der Waals surface area (Å²) in [5.41, 5.74) is 0. The minimum Gasteiger partial charge on any atom is -0.756 e. The number of rotatable bonds is 41. The topological polar surface area (TPSA) is 111 Å². The molecular weight excluding hydrogens is 701 g/mol. The highest BCUT2D eigenvalue weighted by Gasteiger charge is 2.21. The Morgan fingerprint density at radius 1 is 0.556 bits per heavy atom. The molecule has 0 saturated carbocycles. The molecular formula is C44H86NO8P. The first-order valence-electron chi connectivity index (χ1n) is 22.4. The van der Waals surface area contributed by atoms with Crippen molar-refractivity contribution in [3.05, 3.63) is 12.2 Å². The second-order valence-corrected chi connectivity index (χ2v) is 17.8. The van der Waals surface area contributed by atoms with Gasteiger partial charge in [-0.1, -0.05) is 167 Å². The summed E-state index contributed by atoms with van der Waals surface area (Å²) in [4.78, 5) is 37.5. The molecule has 0 heterocycles. The van der Waals surface area contributed by atoms with E-state index < -0.39 is 26.5 Å². The second-order valence-electron chi connectivity index (χ2n) is 16.4. The highest BCUT2D eigenvalue weighted by atomic mass is 31.2. The number of allylic oxidation sites excluding steroid dienone is 2. The van der Waals surface area contributed by atoms with Gasteiger partial charge in [-0.05, 0) is 38.5 Å². The lowest BCUT2D eigenvalue weighted by Gasteiger charge is -2.28. The largest absolute Gasteiger partial charge is 0.756 e. The third-order valence-electron chi connectivity index (χ3n) is 9.79. The Hall–Kier alpha value is -1.25. The number of carbonyl (C=O) groups excluding carboxylic acids is 2. The molecule has 0 fully saturated rings. The standard InChI is InChI=1S/C44H86NO8P/c1-6-8-10-12-14-16-18-19-20-21-22-23-24-25-27-29-31-33-35-37-44(47)53-42(41-52-54(48,49)51-39-38-45(3,4)5)40-50-43(46)36-34-32-30-28-26-17-15-13-11-9-7-2/h19-20,42H,6-18,21-41H2,1-5H3/b20-19-. The van der Waals surface area contributed by atoms with Crippen molar-refractivity contribution in [2.45, 2.75) is 213 Å². The molecule has 0 radical (unpaired) electrons. The van der Waals surface area contributed by atoms with Crippen molar-refractivity contribution in [3.63, 3.8) is 0 Å². The summed E-state index contributed by atoms with van der Waals surface area (Å²) in [7, 11) is 1.17. The van der Waals surface area contributed by atoms with Gasteiger partial charge in [0.05, 0.1) is 27.7 Å². The first kappa shape index (κ1) is 52.8. The monoisotopic (exact) mass is 788 g/mol. The van der Waals surface area contributed by atoms with Crippen LogP contribution in [0.4, 0.5) is 0 Å². The van der Waals surface area contributed by atoms with Gasteiger partial charge in [-0.25, -0.2) is 0 Å². The van der Waals surface area contributed by atoms with E-state index in [1.54, 1.807) is 0 Å². The van der Waals surface area contributed by atoms with Gasteiger partial charge in [0, 0.05) is 12.8 Å². The number of phosphoric acid groups is 1. The summed E-state index contributed by atoms with van der Waals surface area (Å²) < 4.78 is 33.9. The zero-order valence-corrected chi connectivity index (χ0v) is 36.8. The Kier molecular flexibility index (Phi) is 36.5. The maximum absolute atomic E-state index is 12.7. The van der Waals surface area contributed by atoms with E-state index in [4.69, 9.17) is 18.5 Å². The highest BCUT2D eigenvalue weighted by Crippen LogP contribution is 2.38. The molecule has 0 aromatic carbocycles. The molecule has 0 saturated heterocycles. The van der Waals surface area contributed by atoms with Crippen LogP contribution in [0.1, 0.15) is 206 Å². The minimum atomic E-state index is -4.62. The number of quaternary nitrogens is 1. The lowest BCUT2D eigenvalue weighted by molar-refractivity contribution is -0.870. The number of esters is 2. The Balaban J connectivity index is 4.29. The highest BCUT2D eigenvalue weighted by molar-refractivity contribution is 7.45. The van der Waals surface area contributed by atoms with E-state index in [2.05, 4.69) is 26.0 Å². The number of hydrogen-bond donors (Lipinski definition) is 0. The molecule has 0 aromatic heterocycles. The van der Waals surface area contributed by atoms with Crippen molar-refractivity contribution in [1.29, 1.82) is 0 Å². The van der Waals surface area contributed by atoms with Crippen LogP contribution in [0.2, 0.25) is 0 Å². The molecule has 320 valence electrons. The van der Waals surface area contributed by atoms with Crippen molar-refractivity contribution in [1.82, 2.24) is 0 Å². The van der Waals surface area contributed by atoms with Gasteiger partial charge in [0.25, 0.3) is 7.82 Å². The summed E-state index contributed by atoms with van der Waals surface area (Å²) in [6.45, 7) is 4.23. The van der Waals surface area contributed by atoms with E-state index >= 15 is 0 Å². The maximum atomic E-state index is 12.7. The minimum absolute atomic E-state index is 0.0281. The third-order valence-corrected chi connectivity index (χ3v) is 10.7. The van der Waals surface area contributed by atoms with Gasteiger partial charge in [-0.15, -0.1) is 0 Å². The average Bonchev–Trinajstić information content (AvgIpc) is 3.12. The average molecular weight is 788 g/mol. The van der Waals surface area contributed by atoms with Crippen LogP contribution in [0.15, 0.2) is 12.2 Å². The third kappa shape index (κ3) is 40.4. The fourth-order valence-electron chi connectivity index (χ4n) is 6.24. The number of likely N-dealkylation sites (N-methyl/N-ethyl adjacent to an activating group) is 1. The lowest BCUT2D eigenvalue weighted by atomic mass is 10.1. The summed E-state index contributed by atoms with van der Waals surface area (Å²) in [5, 5.41) is 0. The molecule has 0 rings (SSSR count). The van der Waals surface area contributed by atoms with Gasteiger partial charge in [0.15, 0.2) is 6.10 Å². The van der Waals surface area contributed by atoms with Crippen molar-refractivity contribution >= 4 is 19.8 Å². The molecule has 2 unspecified atom stereocenters. The van der Waals surface area contributed by atoms with E-state index in [0.717, 1.165) is 38.5 Å². The van der Waals surface area contributed by atoms with Gasteiger partial charge in [0.1, 0.15) is 19.8 Å². The van der Waals surface area contributed by atoms with E-state index in [-0.39, 0.29) is 32.0 Å². The molecule has 0 aliphatic rings. The van der Waals surface area contributed by atoms with E-state index in [9.17, 15) is 19.0 Å². The quantitative estimate of drug-likeness (QED) is 0.0198. The van der Waals surface area contributed by atoms with Gasteiger partial charge < -0.3 is 27.9 Å². The number of nitrogens with zero attached hydrogens (tertiary/aromatic N) is 1. The van der Waals surface area contributed by atoms with E-state index in [0.29, 0.717) is 17.4 Å². The molecule has 2 atom stereocenters. The Labute approximate surface area is 333 Å². The van der Waals surface area contributed by atoms with Crippen LogP contribution in [-0.2, 0) is 32.7 Å². The Morgan fingerprint density at radius 3 is 1.37 bits per heavy atom. The van der Waals surface area contributed by atoms with Crippen molar-refractivity contribution in [3.8, 4) is 0 Å². The fraction of sp³-hybridized carbons (Fsp3) is 0.909. The maximum Gasteiger partial charge on any atom is 0.306 e. The molecule has 0 aliphatic carbocycles. The molecule has 0 bridgehead atoms. The van der Waals surface area contributed by atoms with Crippen molar-refractivity contribution < 1.29 is 42.1 Å². The summed E-state index contributed by atoms with van der Waals surface area (Å²) in [6, 6.07) is 0. The first-order chi connectivity index (χ1) is 26.0. The number of carbonyl (C=O) groups is 2. The number of ether oxygens (including phenoxy) is 2. The predicted molar refractivity (Wildman–Crippen MR) is 222 cm³/mol. The zero-order chi connectivity index (χ0) is 40.0. The van der Waals surface area contributed by atoms with E-state index in [1.807, 2.05) is 21.1 Å². The molecule has 10 heteroatoms. The normalized spacial score (nSPS) is 13.7. The van der Waals surface area contributed by atoms with Crippen LogP contribution in [0.3, 0.4) is 0 Å². The zero-order valence-electron chi connectivity index (χ0n) is 35.9. The lowest BCUT2D eigenvalue weighted by Crippen LogP contribution is -2.37. The predicted octanol–water partition coefficient (Wildman–Crippen LogP) is 11.9. The fourth-order valence-corrected chi connectivity index (χ4v) is 6.97. The van der Waals surface area contributed by atoms with E-state index in [1.165, 1.54) is 135 Å². The number of unbranched alkanes of at least 4 members (excludes halogenated alkanes) is 25. The van der Waals surface area contributed by atoms with Crippen LogP contribution in [0, 0.1) is 0 Å². The number of phosphoric ester groups is 1. The summed E-state index contributed by atoms with van der Waals surface area (Å²) in [6.07, 6.45) is 38.0. The smallest absolute Gasteiger partial charge is 0.306 e. The van der Waals surface area contributed by atoms with Gasteiger partial charge >= 0.3 is 11.9 Å². The molecule has 0 amide bonds. The second kappa shape index (κ2) is 37.3. The van der Waals surface area contributed by atoms with Gasteiger partial charge in [-0.3, -0.25) is 14.2 Å². The van der Waals surface area contributed by atoms with Crippen LogP contribution in [-0.4, -0.2) is 70.0 Å². The van der Waals surface area contributed by atoms with Crippen molar-refractivity contribution in [2.75, 3.05) is 47.5 Å². The van der Waals surface area contributed by atoms with Gasteiger partial charge in [0.2, 0.25) is 0 Å². The van der Waals surface area contributed by atoms with Gasteiger partial charge in [-0.2, -0.15) is 0 Å². The first-order valence-corrected chi connectivity index (χ1v) is 23.9. The summed E-state index contributed by atoms with van der Waals surface area (Å²) >= 11 is 0. The number of hydrogen-bond acceptors (Lipinski definition) is 8. The molecule has 0 spiro atoms. The van der Waals surface area contributed by atoms with Crippen molar-refractivity contribution in [2.24, 2.45) is 0 Å². The van der Waals surface area contributed by atoms with Crippen LogP contribution < -0.4 is 4.89 Å². The SMILES string of the molecule is CCCCCCCC/C=C\CCCCCCCCCCCC(=O)OC(COC(=O)CCCCCCCCCCCCC)COP(=O)([O-])OCC[N+](C)(C)C. The molecule has 0 N–H and O–H groups in total. The molecule has 0 aromatic rings.